The maximum Gasteiger partial charge on any atom is 0.269 e. The van der Waals surface area contributed by atoms with Gasteiger partial charge < -0.3 is 11.5 Å². The summed E-state index contributed by atoms with van der Waals surface area (Å²) in [7, 11) is 0. The van der Waals surface area contributed by atoms with Crippen molar-refractivity contribution in [1.82, 2.24) is 14.8 Å². The van der Waals surface area contributed by atoms with Gasteiger partial charge in [0.15, 0.2) is 11.5 Å². The van der Waals surface area contributed by atoms with Crippen molar-refractivity contribution in [2.45, 2.75) is 0 Å². The number of pyridine rings is 1. The Labute approximate surface area is 105 Å². The van der Waals surface area contributed by atoms with Crippen LogP contribution < -0.4 is 11.5 Å². The van der Waals surface area contributed by atoms with Crippen LogP contribution in [0.15, 0.2) is 24.4 Å². The lowest BCUT2D eigenvalue weighted by Gasteiger charge is -2.02. The van der Waals surface area contributed by atoms with E-state index in [9.17, 15) is 4.79 Å². The Morgan fingerprint density at radius 2 is 2.19 bits per heavy atom. The number of primary amides is 1. The highest BCUT2D eigenvalue weighted by molar-refractivity contribution is 14.1. The molecule has 6 nitrogen and oxygen atoms in total. The molecule has 0 bridgehead atoms. The lowest BCUT2D eigenvalue weighted by Crippen LogP contribution is -2.12. The van der Waals surface area contributed by atoms with Crippen molar-refractivity contribution < 1.29 is 4.79 Å². The van der Waals surface area contributed by atoms with Crippen molar-refractivity contribution in [3.63, 3.8) is 0 Å². The maximum atomic E-state index is 10.9. The van der Waals surface area contributed by atoms with Crippen molar-refractivity contribution in [1.29, 1.82) is 0 Å². The molecule has 0 unspecified atom stereocenters. The maximum absolute atomic E-state index is 10.9. The lowest BCUT2D eigenvalue weighted by molar-refractivity contribution is 0.0995. The molecule has 0 aliphatic rings. The van der Waals surface area contributed by atoms with Crippen LogP contribution in [-0.4, -0.2) is 20.7 Å². The molecule has 0 saturated heterocycles. The minimum absolute atomic E-state index is 0.123. The van der Waals surface area contributed by atoms with Crippen LogP contribution in [0.3, 0.4) is 0 Å². The minimum atomic E-state index is -0.615. The van der Waals surface area contributed by atoms with Crippen molar-refractivity contribution in [3.05, 3.63) is 33.7 Å². The number of anilines is 1. The number of hydrogen-bond acceptors (Lipinski definition) is 4. The number of carbonyl (C=O) groups excluding carboxylic acids is 1. The summed E-state index contributed by atoms with van der Waals surface area (Å²) in [5.74, 6) is 0.260. The van der Waals surface area contributed by atoms with E-state index in [2.05, 4.69) is 32.7 Å². The average Bonchev–Trinajstić information content (AvgIpc) is 2.60. The van der Waals surface area contributed by atoms with Gasteiger partial charge in [-0.1, -0.05) is 0 Å². The summed E-state index contributed by atoms with van der Waals surface area (Å²) >= 11 is 2.15. The van der Waals surface area contributed by atoms with E-state index in [0.29, 0.717) is 11.6 Å². The van der Waals surface area contributed by atoms with Gasteiger partial charge in [0.05, 0.1) is 0 Å². The van der Waals surface area contributed by atoms with E-state index in [1.165, 1.54) is 10.7 Å². The van der Waals surface area contributed by atoms with E-state index in [-0.39, 0.29) is 5.69 Å². The zero-order chi connectivity index (χ0) is 11.7. The van der Waals surface area contributed by atoms with Crippen molar-refractivity contribution in [2.75, 3.05) is 5.73 Å². The first-order valence-corrected chi connectivity index (χ1v) is 5.43. The average molecular weight is 329 g/mol. The van der Waals surface area contributed by atoms with Crippen LogP contribution in [0.1, 0.15) is 10.5 Å². The number of amides is 1. The summed E-state index contributed by atoms with van der Waals surface area (Å²) in [5, 5.41) is 3.97. The first kappa shape index (κ1) is 10.9. The molecule has 0 spiro atoms. The Morgan fingerprint density at radius 3 is 2.75 bits per heavy atom. The van der Waals surface area contributed by atoms with Gasteiger partial charge in [-0.25, -0.2) is 4.98 Å². The summed E-state index contributed by atoms with van der Waals surface area (Å²) in [6.07, 6.45) is 1.64. The predicted octanol–water partition coefficient (Wildman–Crippen LogP) is 0.553. The highest BCUT2D eigenvalue weighted by Crippen LogP contribution is 2.14. The Bertz CT molecular complexity index is 551. The number of nitrogens with zero attached hydrogens (tertiary/aromatic N) is 3. The molecule has 0 saturated carbocycles. The SMILES string of the molecule is NC(=O)c1cc(N)n(-c2cc(I)ccn2)n1. The third-order valence-electron chi connectivity index (χ3n) is 1.91. The number of halogens is 1. The molecule has 1 amide bonds. The van der Waals surface area contributed by atoms with Crippen LogP contribution in [0, 0.1) is 3.57 Å². The molecule has 0 fully saturated rings. The van der Waals surface area contributed by atoms with Gasteiger partial charge in [-0.2, -0.15) is 9.78 Å². The first-order valence-electron chi connectivity index (χ1n) is 4.35. The molecule has 82 valence electrons. The molecule has 2 heterocycles. The molecule has 0 aliphatic heterocycles. The molecule has 0 radical (unpaired) electrons. The Hall–Kier alpha value is -1.64. The zero-order valence-corrected chi connectivity index (χ0v) is 10.2. The van der Waals surface area contributed by atoms with Crippen molar-refractivity contribution in [2.24, 2.45) is 5.73 Å². The molecule has 0 atom stereocenters. The minimum Gasteiger partial charge on any atom is -0.384 e. The molecule has 2 rings (SSSR count). The van der Waals surface area contributed by atoms with Crippen molar-refractivity contribution in [3.8, 4) is 5.82 Å². The summed E-state index contributed by atoms with van der Waals surface area (Å²) in [6, 6.07) is 5.07. The standard InChI is InChI=1S/C9H8IN5O/c10-5-1-2-13-8(3-5)15-7(11)4-6(14-15)9(12)16/h1-4H,11H2,(H2,12,16). The highest BCUT2D eigenvalue weighted by atomic mass is 127. The quantitative estimate of drug-likeness (QED) is 0.786. The summed E-state index contributed by atoms with van der Waals surface area (Å²) in [5.41, 5.74) is 10.9. The third kappa shape index (κ3) is 1.98. The normalized spacial score (nSPS) is 10.3. The molecule has 7 heteroatoms. The Morgan fingerprint density at radius 1 is 1.44 bits per heavy atom. The van der Waals surface area contributed by atoms with E-state index in [1.54, 1.807) is 12.3 Å². The Balaban J connectivity index is 2.52. The fraction of sp³-hybridized carbons (Fsp3) is 0. The summed E-state index contributed by atoms with van der Waals surface area (Å²) < 4.78 is 2.38. The van der Waals surface area contributed by atoms with E-state index in [1.807, 2.05) is 6.07 Å². The molecule has 16 heavy (non-hydrogen) atoms. The van der Waals surface area contributed by atoms with Gasteiger partial charge in [0, 0.05) is 15.8 Å². The van der Waals surface area contributed by atoms with Crippen LogP contribution in [-0.2, 0) is 0 Å². The number of hydrogen-bond donors (Lipinski definition) is 2. The van der Waals surface area contributed by atoms with Gasteiger partial charge in [-0.3, -0.25) is 4.79 Å². The number of aromatic nitrogens is 3. The lowest BCUT2D eigenvalue weighted by atomic mass is 10.4. The molecular weight excluding hydrogens is 321 g/mol. The predicted molar refractivity (Wildman–Crippen MR) is 67.0 cm³/mol. The highest BCUT2D eigenvalue weighted by Gasteiger charge is 2.11. The van der Waals surface area contributed by atoms with Crippen LogP contribution in [0.25, 0.3) is 5.82 Å². The van der Waals surface area contributed by atoms with Crippen LogP contribution in [0.2, 0.25) is 0 Å². The smallest absolute Gasteiger partial charge is 0.269 e. The van der Waals surface area contributed by atoms with E-state index in [0.717, 1.165) is 3.57 Å². The monoisotopic (exact) mass is 329 g/mol. The summed E-state index contributed by atoms with van der Waals surface area (Å²) in [4.78, 5) is 15.0. The van der Waals surface area contributed by atoms with Gasteiger partial charge in [0.1, 0.15) is 5.82 Å². The van der Waals surface area contributed by atoms with E-state index >= 15 is 0 Å². The fourth-order valence-corrected chi connectivity index (χ4v) is 1.65. The van der Waals surface area contributed by atoms with Crippen LogP contribution >= 0.6 is 22.6 Å². The van der Waals surface area contributed by atoms with Gasteiger partial charge in [-0.15, -0.1) is 0 Å². The summed E-state index contributed by atoms with van der Waals surface area (Å²) in [6.45, 7) is 0. The molecule has 2 aromatic rings. The number of rotatable bonds is 2. The molecular formula is C9H8IN5O. The van der Waals surface area contributed by atoms with Gasteiger partial charge in [-0.05, 0) is 34.7 Å². The number of nitrogen functional groups attached to an aromatic ring is 1. The molecule has 2 aromatic heterocycles. The Kier molecular flexibility index (Phi) is 2.77. The van der Waals surface area contributed by atoms with E-state index in [4.69, 9.17) is 11.5 Å². The second-order valence-corrected chi connectivity index (χ2v) is 4.31. The fourth-order valence-electron chi connectivity index (χ4n) is 1.21. The largest absolute Gasteiger partial charge is 0.384 e. The van der Waals surface area contributed by atoms with Gasteiger partial charge >= 0.3 is 0 Å². The zero-order valence-electron chi connectivity index (χ0n) is 8.09. The van der Waals surface area contributed by atoms with Gasteiger partial charge in [0.2, 0.25) is 0 Å². The third-order valence-corrected chi connectivity index (χ3v) is 2.58. The van der Waals surface area contributed by atoms with Gasteiger partial charge in [0.25, 0.3) is 5.91 Å². The van der Waals surface area contributed by atoms with Crippen LogP contribution in [0.5, 0.6) is 0 Å². The second kappa shape index (κ2) is 4.08. The van der Waals surface area contributed by atoms with E-state index < -0.39 is 5.91 Å². The topological polar surface area (TPSA) is 99.8 Å². The van der Waals surface area contributed by atoms with Crippen LogP contribution in [0.4, 0.5) is 5.82 Å². The van der Waals surface area contributed by atoms with Crippen molar-refractivity contribution >= 4 is 34.3 Å². The molecule has 0 aromatic carbocycles. The second-order valence-electron chi connectivity index (χ2n) is 3.06. The molecule has 0 aliphatic carbocycles. The molecule has 4 N–H and O–H groups in total. The number of nitrogens with two attached hydrogens (primary N) is 2. The first-order chi connectivity index (χ1) is 7.58. The number of carbonyl (C=O) groups is 1.